The van der Waals surface area contributed by atoms with Crippen LogP contribution in [-0.4, -0.2) is 20.9 Å². The van der Waals surface area contributed by atoms with Gasteiger partial charge in [0.1, 0.15) is 0 Å². The second-order valence-corrected chi connectivity index (χ2v) is 5.78. The van der Waals surface area contributed by atoms with Gasteiger partial charge in [0.15, 0.2) is 0 Å². The monoisotopic (exact) mass is 320 g/mol. The summed E-state index contributed by atoms with van der Waals surface area (Å²) >= 11 is 0. The first-order chi connectivity index (χ1) is 11.7. The van der Waals surface area contributed by atoms with E-state index in [2.05, 4.69) is 15.5 Å². The van der Waals surface area contributed by atoms with Crippen LogP contribution >= 0.6 is 0 Å². The van der Waals surface area contributed by atoms with Crippen LogP contribution in [0, 0.1) is 6.92 Å². The quantitative estimate of drug-likeness (QED) is 0.759. The highest BCUT2D eigenvalue weighted by molar-refractivity contribution is 5.79. The van der Waals surface area contributed by atoms with Crippen LogP contribution in [0.4, 0.5) is 0 Å². The van der Waals surface area contributed by atoms with E-state index in [-0.39, 0.29) is 11.9 Å². The highest BCUT2D eigenvalue weighted by atomic mass is 16.1. The molecule has 1 amide bonds. The molecule has 0 radical (unpaired) electrons. The molecule has 5 heteroatoms. The number of aromatic nitrogens is 3. The van der Waals surface area contributed by atoms with E-state index in [9.17, 15) is 4.79 Å². The molecule has 1 aromatic heterocycles. The number of hydrogen-bond donors (Lipinski definition) is 1. The Balaban J connectivity index is 1.72. The molecule has 122 valence electrons. The van der Waals surface area contributed by atoms with Gasteiger partial charge in [-0.15, -0.1) is 0 Å². The van der Waals surface area contributed by atoms with Gasteiger partial charge in [-0.25, -0.2) is 0 Å². The molecule has 2 aromatic carbocycles. The van der Waals surface area contributed by atoms with E-state index in [0.717, 1.165) is 16.7 Å². The molecule has 3 rings (SSSR count). The van der Waals surface area contributed by atoms with Crippen LogP contribution in [0.25, 0.3) is 0 Å². The zero-order valence-corrected chi connectivity index (χ0v) is 13.6. The van der Waals surface area contributed by atoms with Crippen LogP contribution in [0.1, 0.15) is 22.7 Å². The lowest BCUT2D eigenvalue weighted by Gasteiger charge is -2.19. The van der Waals surface area contributed by atoms with Gasteiger partial charge in [-0.1, -0.05) is 60.2 Å². The van der Waals surface area contributed by atoms with E-state index in [4.69, 9.17) is 0 Å². The van der Waals surface area contributed by atoms with E-state index < -0.39 is 0 Å². The number of hydrogen-bond acceptors (Lipinski definition) is 3. The fourth-order valence-electron chi connectivity index (χ4n) is 2.67. The van der Waals surface area contributed by atoms with E-state index in [0.29, 0.717) is 13.0 Å². The smallest absolute Gasteiger partial charge is 0.224 e. The second kappa shape index (κ2) is 7.55. The molecule has 0 spiro atoms. The Labute approximate surface area is 141 Å². The van der Waals surface area contributed by atoms with Gasteiger partial charge in [0.2, 0.25) is 5.91 Å². The predicted molar refractivity (Wildman–Crippen MR) is 92.2 cm³/mol. The summed E-state index contributed by atoms with van der Waals surface area (Å²) in [4.78, 5) is 14.1. The molecule has 0 aliphatic heterocycles. The van der Waals surface area contributed by atoms with Gasteiger partial charge in [-0.05, 0) is 18.1 Å². The Morgan fingerprint density at radius 1 is 1.08 bits per heavy atom. The lowest BCUT2D eigenvalue weighted by atomic mass is 10.1. The highest BCUT2D eigenvalue weighted by Gasteiger charge is 2.16. The summed E-state index contributed by atoms with van der Waals surface area (Å²) in [7, 11) is 0. The highest BCUT2D eigenvalue weighted by Crippen LogP contribution is 2.15. The minimum Gasteiger partial charge on any atom is -0.347 e. The fraction of sp³-hybridized carbons (Fsp3) is 0.211. The third-order valence-corrected chi connectivity index (χ3v) is 3.80. The van der Waals surface area contributed by atoms with Crippen LogP contribution in [0.5, 0.6) is 0 Å². The van der Waals surface area contributed by atoms with Crippen molar-refractivity contribution in [3.8, 4) is 0 Å². The SMILES string of the molecule is Cc1cccc(CC(=O)N[C@@H](Cn2nccn2)c2ccccc2)c1. The van der Waals surface area contributed by atoms with Crippen molar-refractivity contribution in [3.63, 3.8) is 0 Å². The fourth-order valence-corrected chi connectivity index (χ4v) is 2.67. The number of rotatable bonds is 6. The Hall–Kier alpha value is -2.95. The molecule has 1 N–H and O–H groups in total. The first-order valence-corrected chi connectivity index (χ1v) is 7.94. The van der Waals surface area contributed by atoms with Gasteiger partial charge < -0.3 is 5.32 Å². The lowest BCUT2D eigenvalue weighted by molar-refractivity contribution is -0.121. The molecule has 0 aliphatic carbocycles. The molecule has 0 saturated carbocycles. The Bertz CT molecular complexity index is 784. The minimum atomic E-state index is -0.170. The third kappa shape index (κ3) is 4.29. The Morgan fingerprint density at radius 3 is 2.54 bits per heavy atom. The zero-order chi connectivity index (χ0) is 16.8. The van der Waals surface area contributed by atoms with E-state index in [1.807, 2.05) is 61.5 Å². The molecule has 1 atom stereocenters. The normalized spacial score (nSPS) is 11.9. The standard InChI is InChI=1S/C19H20N4O/c1-15-6-5-7-16(12-15)13-19(24)22-18(14-23-20-10-11-21-23)17-8-3-2-4-9-17/h2-12,18H,13-14H2,1H3,(H,22,24)/t18-/m0/s1. The lowest BCUT2D eigenvalue weighted by Crippen LogP contribution is -2.33. The van der Waals surface area contributed by atoms with Crippen molar-refractivity contribution >= 4 is 5.91 Å². The van der Waals surface area contributed by atoms with Gasteiger partial charge in [-0.3, -0.25) is 4.79 Å². The van der Waals surface area contributed by atoms with E-state index in [1.54, 1.807) is 17.2 Å². The van der Waals surface area contributed by atoms with Crippen LogP contribution in [-0.2, 0) is 17.8 Å². The van der Waals surface area contributed by atoms with E-state index in [1.165, 1.54) is 0 Å². The van der Waals surface area contributed by atoms with Crippen molar-refractivity contribution in [2.75, 3.05) is 0 Å². The summed E-state index contributed by atoms with van der Waals surface area (Å²) in [5.41, 5.74) is 3.20. The molecule has 0 saturated heterocycles. The molecular weight excluding hydrogens is 300 g/mol. The van der Waals surface area contributed by atoms with Crippen LogP contribution in [0.15, 0.2) is 67.0 Å². The van der Waals surface area contributed by atoms with Gasteiger partial charge in [0.25, 0.3) is 0 Å². The van der Waals surface area contributed by atoms with Crippen molar-refractivity contribution in [3.05, 3.63) is 83.7 Å². The Morgan fingerprint density at radius 2 is 1.83 bits per heavy atom. The van der Waals surface area contributed by atoms with E-state index >= 15 is 0 Å². The van der Waals surface area contributed by atoms with Gasteiger partial charge >= 0.3 is 0 Å². The number of carbonyl (C=O) groups excluding carboxylic acids is 1. The molecule has 5 nitrogen and oxygen atoms in total. The second-order valence-electron chi connectivity index (χ2n) is 5.78. The number of amides is 1. The molecule has 0 bridgehead atoms. The number of nitrogens with zero attached hydrogens (tertiary/aromatic N) is 3. The summed E-state index contributed by atoms with van der Waals surface area (Å²) < 4.78 is 0. The maximum absolute atomic E-state index is 12.5. The number of benzene rings is 2. The van der Waals surface area contributed by atoms with Crippen molar-refractivity contribution in [1.82, 2.24) is 20.3 Å². The van der Waals surface area contributed by atoms with Crippen molar-refractivity contribution in [1.29, 1.82) is 0 Å². The number of nitrogens with one attached hydrogen (secondary N) is 1. The molecule has 0 fully saturated rings. The van der Waals surface area contributed by atoms with Crippen molar-refractivity contribution in [2.24, 2.45) is 0 Å². The number of carbonyl (C=O) groups is 1. The first-order valence-electron chi connectivity index (χ1n) is 7.94. The van der Waals surface area contributed by atoms with Crippen LogP contribution in [0.3, 0.4) is 0 Å². The molecule has 24 heavy (non-hydrogen) atoms. The maximum atomic E-state index is 12.5. The summed E-state index contributed by atoms with van der Waals surface area (Å²) in [5.74, 6) is -0.0124. The average molecular weight is 320 g/mol. The minimum absolute atomic E-state index is 0.0124. The zero-order valence-electron chi connectivity index (χ0n) is 13.6. The maximum Gasteiger partial charge on any atom is 0.224 e. The molecule has 3 aromatic rings. The van der Waals surface area contributed by atoms with Gasteiger partial charge in [0.05, 0.1) is 31.4 Å². The largest absolute Gasteiger partial charge is 0.347 e. The average Bonchev–Trinajstić information content (AvgIpc) is 3.08. The van der Waals surface area contributed by atoms with Gasteiger partial charge in [-0.2, -0.15) is 15.0 Å². The summed E-state index contributed by atoms with van der Waals surface area (Å²) in [5, 5.41) is 11.4. The molecule has 1 heterocycles. The summed E-state index contributed by atoms with van der Waals surface area (Å²) in [6.45, 7) is 2.52. The Kier molecular flexibility index (Phi) is 5.01. The predicted octanol–water partition coefficient (Wildman–Crippen LogP) is 2.69. The summed E-state index contributed by atoms with van der Waals surface area (Å²) in [6, 6.07) is 17.7. The first kappa shape index (κ1) is 15.9. The molecule has 0 unspecified atom stereocenters. The molecule has 0 aliphatic rings. The third-order valence-electron chi connectivity index (χ3n) is 3.80. The van der Waals surface area contributed by atoms with Crippen molar-refractivity contribution < 1.29 is 4.79 Å². The van der Waals surface area contributed by atoms with Crippen LogP contribution in [0.2, 0.25) is 0 Å². The van der Waals surface area contributed by atoms with Crippen LogP contribution < -0.4 is 5.32 Å². The van der Waals surface area contributed by atoms with Gasteiger partial charge in [0, 0.05) is 0 Å². The number of aryl methyl sites for hydroxylation is 1. The topological polar surface area (TPSA) is 59.8 Å². The summed E-state index contributed by atoms with van der Waals surface area (Å²) in [6.07, 6.45) is 3.63. The molecular formula is C19H20N4O. The van der Waals surface area contributed by atoms with Crippen molar-refractivity contribution in [2.45, 2.75) is 25.9 Å².